The second-order valence-corrected chi connectivity index (χ2v) is 10.9. The predicted molar refractivity (Wildman–Crippen MR) is 134 cm³/mol. The molecule has 0 unspecified atom stereocenters. The molecule has 1 saturated carbocycles. The highest BCUT2D eigenvalue weighted by atomic mass is 35.5. The van der Waals surface area contributed by atoms with Crippen LogP contribution in [-0.4, -0.2) is 70.3 Å². The molecule has 1 aromatic heterocycles. The highest BCUT2D eigenvalue weighted by Gasteiger charge is 2.50. The number of carbonyl (C=O) groups excluding carboxylic acids is 4. The number of aliphatic hydroxyl groups excluding tert-OH is 1. The van der Waals surface area contributed by atoms with E-state index in [1.54, 1.807) is 0 Å². The monoisotopic (exact) mass is 552 g/mol. The molecule has 2 aromatic rings. The topological polar surface area (TPSA) is 132 Å². The van der Waals surface area contributed by atoms with Gasteiger partial charge >= 0.3 is 0 Å². The van der Waals surface area contributed by atoms with Crippen LogP contribution in [0.15, 0.2) is 12.1 Å². The molecule has 0 bridgehead atoms. The third kappa shape index (κ3) is 4.70. The highest BCUT2D eigenvalue weighted by Crippen LogP contribution is 2.43. The Labute approximate surface area is 222 Å². The lowest BCUT2D eigenvalue weighted by atomic mass is 9.92. The molecule has 3 aliphatic rings. The van der Waals surface area contributed by atoms with E-state index in [1.165, 1.54) is 11.0 Å². The van der Waals surface area contributed by atoms with E-state index in [0.717, 1.165) is 25.3 Å². The van der Waals surface area contributed by atoms with Gasteiger partial charge in [0.05, 0.1) is 21.6 Å². The van der Waals surface area contributed by atoms with Gasteiger partial charge in [-0.25, -0.2) is 4.39 Å². The molecule has 12 heteroatoms. The number of hydrogen-bond acceptors (Lipinski definition) is 5. The third-order valence-corrected chi connectivity index (χ3v) is 8.63. The number of ketones is 1. The summed E-state index contributed by atoms with van der Waals surface area (Å²) in [5.74, 6) is -2.84. The van der Waals surface area contributed by atoms with E-state index in [4.69, 9.17) is 23.2 Å². The van der Waals surface area contributed by atoms with Crippen LogP contribution < -0.4 is 10.6 Å². The molecule has 0 radical (unpaired) electrons. The average molecular weight is 553 g/mol. The summed E-state index contributed by atoms with van der Waals surface area (Å²) in [7, 11) is 0. The Bertz CT molecular complexity index is 1280. The van der Waals surface area contributed by atoms with Crippen LogP contribution in [0.25, 0.3) is 10.9 Å². The van der Waals surface area contributed by atoms with Crippen LogP contribution in [-0.2, 0) is 14.4 Å². The number of aromatic amines is 1. The fourth-order valence-electron chi connectivity index (χ4n) is 6.10. The van der Waals surface area contributed by atoms with Gasteiger partial charge < -0.3 is 25.6 Å². The summed E-state index contributed by atoms with van der Waals surface area (Å²) in [5, 5.41) is 15.1. The summed E-state index contributed by atoms with van der Waals surface area (Å²) in [6.07, 6.45) is 3.17. The molecule has 2 aliphatic heterocycles. The van der Waals surface area contributed by atoms with Crippen molar-refractivity contribution in [3.05, 3.63) is 33.7 Å². The number of likely N-dealkylation sites (tertiary alicyclic amines) is 1. The van der Waals surface area contributed by atoms with Crippen LogP contribution in [0.3, 0.4) is 0 Å². The van der Waals surface area contributed by atoms with Crippen LogP contribution in [0, 0.1) is 23.6 Å². The van der Waals surface area contributed by atoms with Gasteiger partial charge in [0, 0.05) is 24.4 Å². The number of amides is 3. The molecule has 3 fully saturated rings. The van der Waals surface area contributed by atoms with E-state index in [9.17, 15) is 28.7 Å². The Hall–Kier alpha value is -2.69. The van der Waals surface area contributed by atoms with Crippen LogP contribution in [0.4, 0.5) is 4.39 Å². The predicted octanol–water partition coefficient (Wildman–Crippen LogP) is 2.43. The van der Waals surface area contributed by atoms with Crippen LogP contribution >= 0.6 is 23.2 Å². The number of aromatic nitrogens is 1. The Kier molecular flexibility index (Phi) is 7.17. The minimum Gasteiger partial charge on any atom is -0.389 e. The van der Waals surface area contributed by atoms with Crippen molar-refractivity contribution in [2.24, 2.45) is 17.8 Å². The van der Waals surface area contributed by atoms with Gasteiger partial charge in [-0.05, 0) is 49.7 Å². The van der Waals surface area contributed by atoms with Crippen molar-refractivity contribution in [3.63, 3.8) is 0 Å². The normalized spacial score (nSPS) is 25.8. The summed E-state index contributed by atoms with van der Waals surface area (Å²) < 4.78 is 14.1. The van der Waals surface area contributed by atoms with Gasteiger partial charge in [0.2, 0.25) is 11.8 Å². The minimum absolute atomic E-state index is 0.0739. The summed E-state index contributed by atoms with van der Waals surface area (Å²) in [5.41, 5.74) is 0.438. The molecule has 5 rings (SSSR count). The van der Waals surface area contributed by atoms with Crippen LogP contribution in [0.2, 0.25) is 10.0 Å². The van der Waals surface area contributed by atoms with E-state index in [0.29, 0.717) is 25.0 Å². The quantitative estimate of drug-likeness (QED) is 0.392. The molecule has 9 nitrogen and oxygen atoms in total. The molecule has 4 N–H and O–H groups in total. The lowest BCUT2D eigenvalue weighted by Crippen LogP contribution is -2.53. The summed E-state index contributed by atoms with van der Waals surface area (Å²) in [6, 6.07) is 0.614. The smallest absolute Gasteiger partial charge is 0.271 e. The number of nitrogens with zero attached hydrogens (tertiary/aromatic N) is 1. The third-order valence-electron chi connectivity index (χ3n) is 7.95. The maximum absolute atomic E-state index is 14.1. The molecule has 5 atom stereocenters. The number of rotatable bonds is 7. The van der Waals surface area contributed by atoms with E-state index < -0.39 is 48.0 Å². The lowest BCUT2D eigenvalue weighted by Gasteiger charge is -2.29. The minimum atomic E-state index is -1.04. The van der Waals surface area contributed by atoms with E-state index in [2.05, 4.69) is 15.6 Å². The van der Waals surface area contributed by atoms with Gasteiger partial charge in [-0.1, -0.05) is 29.6 Å². The Morgan fingerprint density at radius 1 is 1.22 bits per heavy atom. The van der Waals surface area contributed by atoms with Crippen LogP contribution in [0.1, 0.15) is 42.6 Å². The Morgan fingerprint density at radius 3 is 2.70 bits per heavy atom. The van der Waals surface area contributed by atoms with Gasteiger partial charge in [0.15, 0.2) is 5.78 Å². The number of aliphatic hydroxyl groups is 1. The first kappa shape index (κ1) is 25.9. The van der Waals surface area contributed by atoms with Gasteiger partial charge in [-0.3, -0.25) is 19.2 Å². The second-order valence-electron chi connectivity index (χ2n) is 10.1. The fourth-order valence-corrected chi connectivity index (χ4v) is 6.55. The number of benzene rings is 1. The number of halogens is 3. The number of hydrogen-bond donors (Lipinski definition) is 4. The molecule has 198 valence electrons. The van der Waals surface area contributed by atoms with E-state index in [1.807, 2.05) is 0 Å². The number of fused-ring (bicyclic) bond motifs is 2. The highest BCUT2D eigenvalue weighted by molar-refractivity contribution is 6.40. The van der Waals surface area contributed by atoms with Crippen molar-refractivity contribution >= 4 is 57.6 Å². The first-order valence-electron chi connectivity index (χ1n) is 12.4. The molecular weight excluding hydrogens is 526 g/mol. The maximum Gasteiger partial charge on any atom is 0.271 e. The van der Waals surface area contributed by atoms with Crippen molar-refractivity contribution in [2.45, 2.75) is 44.2 Å². The number of carbonyl (C=O) groups is 4. The Morgan fingerprint density at radius 2 is 2.00 bits per heavy atom. The van der Waals surface area contributed by atoms with Crippen molar-refractivity contribution in [1.29, 1.82) is 0 Å². The van der Waals surface area contributed by atoms with Gasteiger partial charge in [-0.2, -0.15) is 0 Å². The Balaban J connectivity index is 1.41. The second kappa shape index (κ2) is 10.2. The number of nitrogens with one attached hydrogen (secondary N) is 3. The fraction of sp³-hybridized carbons (Fsp3) is 0.520. The van der Waals surface area contributed by atoms with Gasteiger partial charge in [-0.15, -0.1) is 0 Å². The van der Waals surface area contributed by atoms with Crippen LogP contribution in [0.5, 0.6) is 0 Å². The van der Waals surface area contributed by atoms with Gasteiger partial charge in [0.25, 0.3) is 5.91 Å². The zero-order chi connectivity index (χ0) is 26.4. The SMILES string of the molecule is O=C1NCC[C@H]1C[C@H](NC(=O)[C@@H]1[C@H]2CCC[C@H]2CN1C(=O)c1cc2c(Cl)c(F)cc(Cl)c2[nH]1)C(=O)CO. The molecule has 2 saturated heterocycles. The number of Topliss-reactive ketones (excluding diaryl/α,β-unsaturated/α-hetero) is 1. The number of H-pyrrole nitrogens is 1. The van der Waals surface area contributed by atoms with E-state index >= 15 is 0 Å². The zero-order valence-corrected chi connectivity index (χ0v) is 21.4. The molecular formula is C25H27Cl2FN4O5. The van der Waals surface area contributed by atoms with Crippen molar-refractivity contribution in [3.8, 4) is 0 Å². The zero-order valence-electron chi connectivity index (χ0n) is 19.9. The first-order chi connectivity index (χ1) is 17.7. The molecule has 3 amide bonds. The molecule has 0 spiro atoms. The van der Waals surface area contributed by atoms with Crippen molar-refractivity contribution in [2.75, 3.05) is 19.7 Å². The lowest BCUT2D eigenvalue weighted by molar-refractivity contribution is -0.133. The molecule has 1 aromatic carbocycles. The van der Waals surface area contributed by atoms with Gasteiger partial charge in [0.1, 0.15) is 24.2 Å². The standard InChI is InChI=1S/C25H27Cl2FN4O5/c26-15-8-16(28)20(27)14-7-18(30-21(14)15)25(37)32-9-12-2-1-3-13(12)22(32)24(36)31-17(19(34)10-33)6-11-4-5-29-23(11)35/h7-8,11-13,17,22,30,33H,1-6,9-10H2,(H,29,35)(H,31,36)/t11-,12-,13-,17-,22-/m0/s1. The van der Waals surface area contributed by atoms with Crippen molar-refractivity contribution < 1.29 is 28.7 Å². The molecule has 3 heterocycles. The average Bonchev–Trinajstić information content (AvgIpc) is 3.65. The largest absolute Gasteiger partial charge is 0.389 e. The molecule has 37 heavy (non-hydrogen) atoms. The first-order valence-corrected chi connectivity index (χ1v) is 13.1. The summed E-state index contributed by atoms with van der Waals surface area (Å²) in [6.45, 7) is 0.0801. The summed E-state index contributed by atoms with van der Waals surface area (Å²) >= 11 is 12.2. The van der Waals surface area contributed by atoms with E-state index in [-0.39, 0.29) is 45.3 Å². The maximum atomic E-state index is 14.1. The van der Waals surface area contributed by atoms with Crippen molar-refractivity contribution in [1.82, 2.24) is 20.5 Å². The molecule has 1 aliphatic carbocycles. The summed E-state index contributed by atoms with van der Waals surface area (Å²) in [4.78, 5) is 56.2.